The van der Waals surface area contributed by atoms with E-state index in [-0.39, 0.29) is 21.6 Å². The van der Waals surface area contributed by atoms with Gasteiger partial charge >= 0.3 is 0 Å². The van der Waals surface area contributed by atoms with E-state index in [1.807, 2.05) is 0 Å². The van der Waals surface area contributed by atoms with Gasteiger partial charge in [-0.05, 0) is 36.8 Å². The average molecular weight is 286 g/mol. The number of halogens is 1. The van der Waals surface area contributed by atoms with Crippen molar-refractivity contribution in [3.05, 3.63) is 23.5 Å². The first-order chi connectivity index (χ1) is 8.63. The van der Waals surface area contributed by atoms with Gasteiger partial charge in [0.15, 0.2) is 0 Å². The molecule has 0 radical (unpaired) electrons. The van der Waals surface area contributed by atoms with Gasteiger partial charge in [0.05, 0.1) is 4.90 Å². The van der Waals surface area contributed by atoms with Crippen LogP contribution < -0.4 is 10.5 Å². The van der Waals surface area contributed by atoms with Crippen molar-refractivity contribution in [1.82, 2.24) is 4.72 Å². The van der Waals surface area contributed by atoms with Crippen LogP contribution in [0.2, 0.25) is 0 Å². The van der Waals surface area contributed by atoms with Crippen molar-refractivity contribution < 1.29 is 12.8 Å². The number of hydrogen-bond donors (Lipinski definition) is 2. The van der Waals surface area contributed by atoms with Gasteiger partial charge in [0, 0.05) is 17.8 Å². The van der Waals surface area contributed by atoms with E-state index in [9.17, 15) is 12.8 Å². The summed E-state index contributed by atoms with van der Waals surface area (Å²) in [6.07, 6.45) is 1.000. The van der Waals surface area contributed by atoms with Crippen molar-refractivity contribution in [1.29, 1.82) is 0 Å². The van der Waals surface area contributed by atoms with Crippen LogP contribution in [0.15, 0.2) is 17.0 Å². The van der Waals surface area contributed by atoms with E-state index in [4.69, 9.17) is 5.73 Å². The highest BCUT2D eigenvalue weighted by molar-refractivity contribution is 7.89. The lowest BCUT2D eigenvalue weighted by Crippen LogP contribution is -2.27. The van der Waals surface area contributed by atoms with Crippen LogP contribution in [0.5, 0.6) is 0 Å². The zero-order valence-corrected chi connectivity index (χ0v) is 12.1. The summed E-state index contributed by atoms with van der Waals surface area (Å²) in [5.74, 6) is -0.263. The molecule has 1 aromatic carbocycles. The molecule has 0 spiro atoms. The fourth-order valence-corrected chi connectivity index (χ4v) is 3.53. The molecule has 6 heteroatoms. The quantitative estimate of drug-likeness (QED) is 0.832. The summed E-state index contributed by atoms with van der Waals surface area (Å²) in [6, 6.07) is 2.41. The SMILES string of the molecule is Cc1c(F)cc(N)cc1S(=O)(=O)NCC1CC1(C)C. The van der Waals surface area contributed by atoms with E-state index in [0.717, 1.165) is 12.5 Å². The molecule has 0 aromatic heterocycles. The third-order valence-electron chi connectivity index (χ3n) is 3.85. The predicted octanol–water partition coefficient (Wildman–Crippen LogP) is 2.04. The minimum Gasteiger partial charge on any atom is -0.399 e. The maximum absolute atomic E-state index is 13.5. The van der Waals surface area contributed by atoms with Crippen LogP contribution in [0.25, 0.3) is 0 Å². The highest BCUT2D eigenvalue weighted by Gasteiger charge is 2.45. The Balaban J connectivity index is 2.20. The molecular formula is C13H19FN2O2S. The molecule has 0 saturated heterocycles. The number of nitrogens with one attached hydrogen (secondary N) is 1. The highest BCUT2D eigenvalue weighted by atomic mass is 32.2. The number of rotatable bonds is 4. The zero-order valence-electron chi connectivity index (χ0n) is 11.3. The third kappa shape index (κ3) is 2.90. The summed E-state index contributed by atoms with van der Waals surface area (Å²) in [4.78, 5) is -0.0801. The molecule has 19 heavy (non-hydrogen) atoms. The Hall–Kier alpha value is -1.14. The molecule has 1 atom stereocenters. The molecule has 1 aliphatic rings. The van der Waals surface area contributed by atoms with Crippen LogP contribution in [0, 0.1) is 24.1 Å². The summed E-state index contributed by atoms with van der Waals surface area (Å²) in [7, 11) is -3.71. The fraction of sp³-hybridized carbons (Fsp3) is 0.538. The lowest BCUT2D eigenvalue weighted by Gasteiger charge is -2.11. The second kappa shape index (κ2) is 4.45. The number of nitrogen functional groups attached to an aromatic ring is 1. The van der Waals surface area contributed by atoms with Crippen LogP contribution in [-0.2, 0) is 10.0 Å². The minimum absolute atomic E-state index is 0.0801. The monoisotopic (exact) mass is 286 g/mol. The fourth-order valence-electron chi connectivity index (χ4n) is 2.17. The molecule has 4 nitrogen and oxygen atoms in total. The van der Waals surface area contributed by atoms with Crippen LogP contribution in [0.1, 0.15) is 25.8 Å². The van der Waals surface area contributed by atoms with Gasteiger partial charge in [-0.1, -0.05) is 13.8 Å². The average Bonchev–Trinajstić information content (AvgIpc) is 2.89. The molecule has 0 bridgehead atoms. The van der Waals surface area contributed by atoms with Gasteiger partial charge in [0.25, 0.3) is 0 Å². The lowest BCUT2D eigenvalue weighted by atomic mass is 10.1. The first-order valence-corrected chi connectivity index (χ1v) is 7.67. The summed E-state index contributed by atoms with van der Waals surface area (Å²) in [6.45, 7) is 6.00. The van der Waals surface area contributed by atoms with Gasteiger partial charge in [-0.15, -0.1) is 0 Å². The minimum atomic E-state index is -3.71. The van der Waals surface area contributed by atoms with Gasteiger partial charge in [0.2, 0.25) is 10.0 Å². The van der Waals surface area contributed by atoms with Crippen molar-refractivity contribution >= 4 is 15.7 Å². The Bertz CT molecular complexity index is 611. The van der Waals surface area contributed by atoms with Crippen LogP contribution in [0.4, 0.5) is 10.1 Å². The van der Waals surface area contributed by atoms with E-state index in [1.54, 1.807) is 0 Å². The van der Waals surface area contributed by atoms with E-state index < -0.39 is 15.8 Å². The van der Waals surface area contributed by atoms with Gasteiger partial charge in [-0.25, -0.2) is 17.5 Å². The molecule has 1 fully saturated rings. The molecule has 106 valence electrons. The number of sulfonamides is 1. The van der Waals surface area contributed by atoms with Crippen molar-refractivity contribution in [2.45, 2.75) is 32.1 Å². The number of nitrogens with two attached hydrogens (primary N) is 1. The maximum atomic E-state index is 13.5. The van der Waals surface area contributed by atoms with Crippen LogP contribution in [-0.4, -0.2) is 15.0 Å². The Morgan fingerprint density at radius 3 is 2.58 bits per heavy atom. The summed E-state index contributed by atoms with van der Waals surface area (Å²) in [5.41, 5.74) is 5.90. The topological polar surface area (TPSA) is 72.2 Å². The van der Waals surface area contributed by atoms with E-state index in [1.165, 1.54) is 13.0 Å². The summed E-state index contributed by atoms with van der Waals surface area (Å²) >= 11 is 0. The first kappa shape index (κ1) is 14.3. The van der Waals surface area contributed by atoms with Crippen molar-refractivity contribution in [2.75, 3.05) is 12.3 Å². The lowest BCUT2D eigenvalue weighted by molar-refractivity contribution is 0.536. The Morgan fingerprint density at radius 2 is 2.05 bits per heavy atom. The number of hydrogen-bond acceptors (Lipinski definition) is 3. The number of benzene rings is 1. The van der Waals surface area contributed by atoms with Crippen LogP contribution >= 0.6 is 0 Å². The molecule has 2 rings (SSSR count). The van der Waals surface area contributed by atoms with Crippen molar-refractivity contribution in [3.8, 4) is 0 Å². The van der Waals surface area contributed by atoms with Gasteiger partial charge < -0.3 is 5.73 Å². The molecular weight excluding hydrogens is 267 g/mol. The van der Waals surface area contributed by atoms with Gasteiger partial charge in [0.1, 0.15) is 5.82 Å². The Morgan fingerprint density at radius 1 is 1.47 bits per heavy atom. The second-order valence-electron chi connectivity index (χ2n) is 5.87. The molecule has 1 saturated carbocycles. The molecule has 0 aliphatic heterocycles. The molecule has 0 amide bonds. The van der Waals surface area contributed by atoms with Gasteiger partial charge in [-0.2, -0.15) is 0 Å². The van der Waals surface area contributed by atoms with Crippen molar-refractivity contribution in [3.63, 3.8) is 0 Å². The van der Waals surface area contributed by atoms with E-state index >= 15 is 0 Å². The molecule has 0 heterocycles. The Kier molecular flexibility index (Phi) is 3.35. The normalized spacial score (nSPS) is 21.4. The predicted molar refractivity (Wildman–Crippen MR) is 72.6 cm³/mol. The summed E-state index contributed by atoms with van der Waals surface area (Å²) < 4.78 is 40.4. The highest BCUT2D eigenvalue weighted by Crippen LogP contribution is 2.51. The number of anilines is 1. The van der Waals surface area contributed by atoms with Crippen LogP contribution in [0.3, 0.4) is 0 Å². The van der Waals surface area contributed by atoms with Gasteiger partial charge in [-0.3, -0.25) is 0 Å². The second-order valence-corrected chi connectivity index (χ2v) is 7.60. The van der Waals surface area contributed by atoms with Crippen molar-refractivity contribution in [2.24, 2.45) is 11.3 Å². The third-order valence-corrected chi connectivity index (χ3v) is 5.40. The first-order valence-electron chi connectivity index (χ1n) is 6.19. The largest absolute Gasteiger partial charge is 0.399 e. The smallest absolute Gasteiger partial charge is 0.241 e. The van der Waals surface area contributed by atoms with E-state index in [0.29, 0.717) is 12.5 Å². The molecule has 3 N–H and O–H groups in total. The zero-order chi connectivity index (χ0) is 14.4. The molecule has 1 aromatic rings. The standard InChI is InChI=1S/C13H19FN2O2S/c1-8-11(14)4-10(15)5-12(8)19(17,18)16-7-9-6-13(9,2)3/h4-5,9,16H,6-7,15H2,1-3H3. The maximum Gasteiger partial charge on any atom is 0.241 e. The Labute approximate surface area is 113 Å². The molecule has 1 unspecified atom stereocenters. The summed E-state index contributed by atoms with van der Waals surface area (Å²) in [5, 5.41) is 0. The van der Waals surface area contributed by atoms with E-state index in [2.05, 4.69) is 18.6 Å². The molecule has 1 aliphatic carbocycles.